The third kappa shape index (κ3) is 1.96. The predicted octanol–water partition coefficient (Wildman–Crippen LogP) is 0.640. The molecule has 12 heavy (non-hydrogen) atoms. The smallest absolute Gasteiger partial charge is 0.114 e. The molecule has 1 N–H and O–H groups in total. The Kier molecular flexibility index (Phi) is 2.61. The van der Waals surface area contributed by atoms with Gasteiger partial charge in [-0.2, -0.15) is 0 Å². The molecule has 0 aromatic carbocycles. The summed E-state index contributed by atoms with van der Waals surface area (Å²) >= 11 is 0. The lowest BCUT2D eigenvalue weighted by molar-refractivity contribution is 0.257. The van der Waals surface area contributed by atoms with Gasteiger partial charge in [0, 0.05) is 19.6 Å². The van der Waals surface area contributed by atoms with Crippen molar-refractivity contribution >= 4 is 0 Å². The summed E-state index contributed by atoms with van der Waals surface area (Å²) in [7, 11) is 0. The van der Waals surface area contributed by atoms with Crippen LogP contribution in [0.2, 0.25) is 0 Å². The second-order valence-corrected chi connectivity index (χ2v) is 4.00. The summed E-state index contributed by atoms with van der Waals surface area (Å²) in [5, 5.41) is 3.34. The van der Waals surface area contributed by atoms with Gasteiger partial charge in [-0.15, -0.1) is 0 Å². The normalized spacial score (nSPS) is 37.8. The first-order valence-electron chi connectivity index (χ1n) is 4.92. The Labute approximate surface area is 73.1 Å². The standard InChI is InChI=1S/C9H17FN2/c10-9-2-4-12(7-9)6-8-1-3-11-5-8/h8-9,11H,1-7H2/t8?,9-/m1/s1. The van der Waals surface area contributed by atoms with Crippen molar-refractivity contribution in [1.82, 2.24) is 10.2 Å². The quantitative estimate of drug-likeness (QED) is 0.657. The molecule has 0 aromatic rings. The van der Waals surface area contributed by atoms with E-state index in [9.17, 15) is 4.39 Å². The Bertz CT molecular complexity index is 145. The van der Waals surface area contributed by atoms with Crippen LogP contribution in [0.1, 0.15) is 12.8 Å². The fraction of sp³-hybridized carbons (Fsp3) is 1.00. The average molecular weight is 172 g/mol. The van der Waals surface area contributed by atoms with Crippen molar-refractivity contribution in [2.24, 2.45) is 5.92 Å². The van der Waals surface area contributed by atoms with Gasteiger partial charge in [0.25, 0.3) is 0 Å². The molecular formula is C9H17FN2. The second kappa shape index (κ2) is 3.71. The second-order valence-electron chi connectivity index (χ2n) is 4.00. The van der Waals surface area contributed by atoms with Crippen LogP contribution < -0.4 is 5.32 Å². The predicted molar refractivity (Wildman–Crippen MR) is 46.9 cm³/mol. The van der Waals surface area contributed by atoms with Gasteiger partial charge in [0.15, 0.2) is 0 Å². The van der Waals surface area contributed by atoms with Crippen LogP contribution in [0.5, 0.6) is 0 Å². The first-order chi connectivity index (χ1) is 5.84. The van der Waals surface area contributed by atoms with Crippen LogP contribution in [-0.2, 0) is 0 Å². The van der Waals surface area contributed by atoms with Gasteiger partial charge < -0.3 is 10.2 Å². The molecule has 2 nitrogen and oxygen atoms in total. The van der Waals surface area contributed by atoms with Gasteiger partial charge in [-0.1, -0.05) is 0 Å². The Balaban J connectivity index is 1.72. The molecule has 0 spiro atoms. The maximum absolute atomic E-state index is 12.8. The van der Waals surface area contributed by atoms with Crippen molar-refractivity contribution in [3.8, 4) is 0 Å². The van der Waals surface area contributed by atoms with Crippen molar-refractivity contribution in [3.63, 3.8) is 0 Å². The topological polar surface area (TPSA) is 15.3 Å². The Morgan fingerprint density at radius 2 is 2.33 bits per heavy atom. The molecule has 0 aliphatic carbocycles. The minimum Gasteiger partial charge on any atom is -0.316 e. The van der Waals surface area contributed by atoms with Crippen LogP contribution in [0.15, 0.2) is 0 Å². The van der Waals surface area contributed by atoms with E-state index in [1.807, 2.05) is 0 Å². The summed E-state index contributed by atoms with van der Waals surface area (Å²) in [5.41, 5.74) is 0. The van der Waals surface area contributed by atoms with Crippen LogP contribution in [-0.4, -0.2) is 43.8 Å². The highest BCUT2D eigenvalue weighted by molar-refractivity contribution is 4.80. The molecule has 2 fully saturated rings. The molecular weight excluding hydrogens is 155 g/mol. The Morgan fingerprint density at radius 1 is 1.42 bits per heavy atom. The zero-order valence-corrected chi connectivity index (χ0v) is 7.43. The van der Waals surface area contributed by atoms with Gasteiger partial charge in [-0.3, -0.25) is 0 Å². The van der Waals surface area contributed by atoms with Crippen LogP contribution >= 0.6 is 0 Å². The van der Waals surface area contributed by atoms with Crippen LogP contribution in [0, 0.1) is 5.92 Å². The molecule has 0 bridgehead atoms. The average Bonchev–Trinajstić information content (AvgIpc) is 2.63. The lowest BCUT2D eigenvalue weighted by atomic mass is 10.1. The van der Waals surface area contributed by atoms with E-state index in [-0.39, 0.29) is 0 Å². The number of alkyl halides is 1. The number of halogens is 1. The minimum atomic E-state index is -0.556. The van der Waals surface area contributed by atoms with Gasteiger partial charge in [0.2, 0.25) is 0 Å². The fourth-order valence-corrected chi connectivity index (χ4v) is 2.19. The van der Waals surface area contributed by atoms with E-state index in [0.717, 1.165) is 38.5 Å². The van der Waals surface area contributed by atoms with Crippen molar-refractivity contribution < 1.29 is 4.39 Å². The van der Waals surface area contributed by atoms with Gasteiger partial charge >= 0.3 is 0 Å². The Morgan fingerprint density at radius 3 is 2.92 bits per heavy atom. The first-order valence-corrected chi connectivity index (χ1v) is 4.92. The summed E-state index contributed by atoms with van der Waals surface area (Å²) in [6.07, 6.45) is 1.47. The summed E-state index contributed by atoms with van der Waals surface area (Å²) in [6.45, 7) is 5.03. The lowest BCUT2D eigenvalue weighted by Crippen LogP contribution is -2.28. The van der Waals surface area contributed by atoms with Crippen LogP contribution in [0.3, 0.4) is 0 Å². The zero-order valence-electron chi connectivity index (χ0n) is 7.43. The van der Waals surface area contributed by atoms with Gasteiger partial charge in [0.05, 0.1) is 0 Å². The molecule has 0 saturated carbocycles. The van der Waals surface area contributed by atoms with Crippen molar-refractivity contribution in [2.75, 3.05) is 32.7 Å². The van der Waals surface area contributed by atoms with E-state index >= 15 is 0 Å². The molecule has 2 rings (SSSR count). The lowest BCUT2D eigenvalue weighted by Gasteiger charge is -2.18. The fourth-order valence-electron chi connectivity index (χ4n) is 2.19. The molecule has 0 aromatic heterocycles. The van der Waals surface area contributed by atoms with Crippen LogP contribution in [0.4, 0.5) is 4.39 Å². The molecule has 2 saturated heterocycles. The molecule has 70 valence electrons. The number of rotatable bonds is 2. The maximum Gasteiger partial charge on any atom is 0.114 e. The molecule has 2 atom stereocenters. The molecule has 2 aliphatic heterocycles. The monoisotopic (exact) mass is 172 g/mol. The SMILES string of the molecule is F[C@@H]1CCN(CC2CCNC2)C1. The van der Waals surface area contributed by atoms with E-state index < -0.39 is 6.17 Å². The van der Waals surface area contributed by atoms with Crippen molar-refractivity contribution in [2.45, 2.75) is 19.0 Å². The van der Waals surface area contributed by atoms with Gasteiger partial charge in [0.1, 0.15) is 6.17 Å². The highest BCUT2D eigenvalue weighted by Crippen LogP contribution is 2.16. The number of hydrogen-bond acceptors (Lipinski definition) is 2. The summed E-state index contributed by atoms with van der Waals surface area (Å²) in [4.78, 5) is 2.27. The van der Waals surface area contributed by atoms with Crippen molar-refractivity contribution in [3.05, 3.63) is 0 Å². The number of likely N-dealkylation sites (tertiary alicyclic amines) is 1. The first kappa shape index (κ1) is 8.45. The largest absolute Gasteiger partial charge is 0.316 e. The molecule has 2 heterocycles. The minimum absolute atomic E-state index is 0.556. The van der Waals surface area contributed by atoms with E-state index in [2.05, 4.69) is 10.2 Å². The zero-order chi connectivity index (χ0) is 8.39. The number of nitrogens with one attached hydrogen (secondary N) is 1. The molecule has 0 amide bonds. The summed E-state index contributed by atoms with van der Waals surface area (Å²) in [5.74, 6) is 0.773. The van der Waals surface area contributed by atoms with Gasteiger partial charge in [-0.05, 0) is 31.8 Å². The van der Waals surface area contributed by atoms with Crippen LogP contribution in [0.25, 0.3) is 0 Å². The molecule has 2 aliphatic rings. The van der Waals surface area contributed by atoms with E-state index in [0.29, 0.717) is 6.54 Å². The van der Waals surface area contributed by atoms with E-state index in [4.69, 9.17) is 0 Å². The molecule has 0 radical (unpaired) electrons. The Hall–Kier alpha value is -0.150. The molecule has 1 unspecified atom stereocenters. The maximum atomic E-state index is 12.8. The third-order valence-electron chi connectivity index (χ3n) is 2.89. The highest BCUT2D eigenvalue weighted by atomic mass is 19.1. The summed E-state index contributed by atoms with van der Waals surface area (Å²) < 4.78 is 12.8. The highest BCUT2D eigenvalue weighted by Gasteiger charge is 2.25. The summed E-state index contributed by atoms with van der Waals surface area (Å²) in [6, 6.07) is 0. The van der Waals surface area contributed by atoms with Gasteiger partial charge in [-0.25, -0.2) is 4.39 Å². The van der Waals surface area contributed by atoms with E-state index in [1.165, 1.54) is 6.42 Å². The third-order valence-corrected chi connectivity index (χ3v) is 2.89. The van der Waals surface area contributed by atoms with E-state index in [1.54, 1.807) is 0 Å². The number of nitrogens with zero attached hydrogens (tertiary/aromatic N) is 1. The molecule has 3 heteroatoms. The number of hydrogen-bond donors (Lipinski definition) is 1. The van der Waals surface area contributed by atoms with Crippen molar-refractivity contribution in [1.29, 1.82) is 0 Å².